The molecule has 0 amide bonds. The summed E-state index contributed by atoms with van der Waals surface area (Å²) in [6, 6.07) is -0.0937. The molecule has 0 aliphatic carbocycles. The van der Waals surface area contributed by atoms with E-state index in [4.69, 9.17) is 10.3 Å². The Kier molecular flexibility index (Phi) is 4.04. The smallest absolute Gasteiger partial charge is 0.244 e. The molecule has 0 radical (unpaired) electrons. The topological polar surface area (TPSA) is 96.9 Å². The summed E-state index contributed by atoms with van der Waals surface area (Å²) in [6.45, 7) is 1.04. The van der Waals surface area contributed by atoms with Crippen LogP contribution in [0, 0.1) is 0 Å². The number of imidazole rings is 1. The molecule has 0 aromatic carbocycles. The Labute approximate surface area is 121 Å². The second-order valence-electron chi connectivity index (χ2n) is 4.95. The van der Waals surface area contributed by atoms with E-state index < -0.39 is 0 Å². The molecular weight excluding hydrogens is 276 g/mol. The monoisotopic (exact) mass is 294 g/mol. The fraction of sp³-hybridized carbons (Fsp3) is 0.583. The van der Waals surface area contributed by atoms with Crippen molar-refractivity contribution in [1.82, 2.24) is 25.0 Å². The van der Waals surface area contributed by atoms with Gasteiger partial charge in [-0.3, -0.25) is 4.90 Å². The number of hydrogen-bond acceptors (Lipinski definition) is 7. The third-order valence-electron chi connectivity index (χ3n) is 3.46. The van der Waals surface area contributed by atoms with E-state index in [1.54, 1.807) is 12.5 Å². The van der Waals surface area contributed by atoms with Crippen LogP contribution in [0.25, 0.3) is 0 Å². The van der Waals surface area contributed by atoms with Gasteiger partial charge in [-0.25, -0.2) is 4.98 Å². The average Bonchev–Trinajstić information content (AvgIpc) is 3.10. The first-order chi connectivity index (χ1) is 9.74. The predicted molar refractivity (Wildman–Crippen MR) is 76.2 cm³/mol. The zero-order valence-electron chi connectivity index (χ0n) is 11.3. The highest BCUT2D eigenvalue weighted by molar-refractivity contribution is 7.99. The molecule has 108 valence electrons. The summed E-state index contributed by atoms with van der Waals surface area (Å²) in [5.41, 5.74) is 7.06. The van der Waals surface area contributed by atoms with Gasteiger partial charge in [0.25, 0.3) is 0 Å². The normalized spacial score (nSPS) is 22.0. The van der Waals surface area contributed by atoms with Crippen molar-refractivity contribution in [1.29, 1.82) is 0 Å². The Morgan fingerprint density at radius 3 is 3.30 bits per heavy atom. The molecule has 2 aromatic rings. The predicted octanol–water partition coefficient (Wildman–Crippen LogP) is 0.755. The number of hydrogen-bond donors (Lipinski definition) is 2. The van der Waals surface area contributed by atoms with Gasteiger partial charge < -0.3 is 15.2 Å². The van der Waals surface area contributed by atoms with Gasteiger partial charge >= 0.3 is 0 Å². The first-order valence-corrected chi connectivity index (χ1v) is 7.74. The summed E-state index contributed by atoms with van der Waals surface area (Å²) in [4.78, 5) is 13.7. The lowest BCUT2D eigenvalue weighted by atomic mass is 10.2. The molecule has 1 aliphatic rings. The van der Waals surface area contributed by atoms with E-state index in [9.17, 15) is 0 Å². The molecule has 3 rings (SSSR count). The number of H-pyrrole nitrogens is 1. The summed E-state index contributed by atoms with van der Waals surface area (Å²) in [5.74, 6) is 3.36. The highest BCUT2D eigenvalue weighted by atomic mass is 32.2. The van der Waals surface area contributed by atoms with Gasteiger partial charge in [-0.05, 0) is 7.05 Å². The number of nitrogens with zero attached hydrogens (tertiary/aromatic N) is 4. The quantitative estimate of drug-likeness (QED) is 0.859. The van der Waals surface area contributed by atoms with Gasteiger partial charge in [0, 0.05) is 36.4 Å². The molecule has 1 aliphatic heterocycles. The Morgan fingerprint density at radius 2 is 2.55 bits per heavy atom. The summed E-state index contributed by atoms with van der Waals surface area (Å²) >= 11 is 1.92. The molecule has 1 saturated heterocycles. The first kappa shape index (κ1) is 13.6. The molecule has 3 heterocycles. The van der Waals surface area contributed by atoms with Gasteiger partial charge in [-0.2, -0.15) is 16.7 Å². The van der Waals surface area contributed by atoms with Gasteiger partial charge in [0.1, 0.15) is 0 Å². The molecule has 0 saturated carbocycles. The lowest BCUT2D eigenvalue weighted by Crippen LogP contribution is -2.33. The third-order valence-corrected chi connectivity index (χ3v) is 4.49. The van der Waals surface area contributed by atoms with Crippen molar-refractivity contribution < 1.29 is 4.52 Å². The van der Waals surface area contributed by atoms with Crippen molar-refractivity contribution in [3.63, 3.8) is 0 Å². The first-order valence-electron chi connectivity index (χ1n) is 6.58. The fourth-order valence-corrected chi connectivity index (χ4v) is 3.42. The standard InChI is InChI=1S/C12H18N6OS/c1-18-2-3-20-6-10(18)11-16-12(19-17-11)9(13)4-8-5-14-7-15-8/h5,7,9-10H,2-4,6,13H2,1H3,(H,14,15)/t9-,10?/m0/s1. The van der Waals surface area contributed by atoms with Crippen LogP contribution in [-0.2, 0) is 6.42 Å². The minimum Gasteiger partial charge on any atom is -0.348 e. The van der Waals surface area contributed by atoms with Crippen LogP contribution in [0.15, 0.2) is 17.0 Å². The molecule has 1 unspecified atom stereocenters. The van der Waals surface area contributed by atoms with E-state index in [-0.39, 0.29) is 12.1 Å². The van der Waals surface area contributed by atoms with E-state index in [2.05, 4.69) is 32.1 Å². The molecule has 3 N–H and O–H groups in total. The third kappa shape index (κ3) is 2.87. The minimum absolute atomic E-state index is 0.214. The summed E-state index contributed by atoms with van der Waals surface area (Å²) in [6.07, 6.45) is 4.00. The van der Waals surface area contributed by atoms with Gasteiger partial charge in [0.05, 0.1) is 18.4 Å². The van der Waals surface area contributed by atoms with E-state index >= 15 is 0 Å². The second kappa shape index (κ2) is 5.94. The zero-order valence-corrected chi connectivity index (χ0v) is 12.1. The summed E-state index contributed by atoms with van der Waals surface area (Å²) in [5, 5.41) is 4.09. The molecule has 2 atom stereocenters. The highest BCUT2D eigenvalue weighted by Gasteiger charge is 2.27. The van der Waals surface area contributed by atoms with Crippen molar-refractivity contribution >= 4 is 11.8 Å². The number of nitrogens with two attached hydrogens (primary N) is 1. The molecule has 8 heteroatoms. The molecule has 7 nitrogen and oxygen atoms in total. The molecule has 0 spiro atoms. The molecule has 0 bridgehead atoms. The number of aromatic amines is 1. The van der Waals surface area contributed by atoms with Crippen molar-refractivity contribution in [3.8, 4) is 0 Å². The molecular formula is C12H18N6OS. The zero-order chi connectivity index (χ0) is 13.9. The van der Waals surface area contributed by atoms with Crippen molar-refractivity contribution in [2.24, 2.45) is 5.73 Å². The Morgan fingerprint density at radius 1 is 1.65 bits per heavy atom. The molecule has 1 fully saturated rings. The minimum atomic E-state index is -0.307. The van der Waals surface area contributed by atoms with Crippen molar-refractivity contribution in [2.75, 3.05) is 25.1 Å². The lowest BCUT2D eigenvalue weighted by Gasteiger charge is -2.29. The fourth-order valence-electron chi connectivity index (χ4n) is 2.21. The van der Waals surface area contributed by atoms with Gasteiger partial charge in [-0.15, -0.1) is 0 Å². The number of thioether (sulfide) groups is 1. The number of nitrogens with one attached hydrogen (secondary N) is 1. The van der Waals surface area contributed by atoms with Crippen LogP contribution in [0.3, 0.4) is 0 Å². The van der Waals surface area contributed by atoms with Crippen LogP contribution in [-0.4, -0.2) is 50.1 Å². The van der Waals surface area contributed by atoms with E-state index in [1.165, 1.54) is 0 Å². The van der Waals surface area contributed by atoms with E-state index in [1.807, 2.05) is 11.8 Å². The van der Waals surface area contributed by atoms with Gasteiger partial charge in [0.15, 0.2) is 5.82 Å². The van der Waals surface area contributed by atoms with Crippen molar-refractivity contribution in [3.05, 3.63) is 29.9 Å². The SMILES string of the molecule is CN1CCSCC1c1noc([C@@H](N)Cc2cnc[nH]2)n1. The van der Waals surface area contributed by atoms with Crippen molar-refractivity contribution in [2.45, 2.75) is 18.5 Å². The molecule has 20 heavy (non-hydrogen) atoms. The summed E-state index contributed by atoms with van der Waals surface area (Å²) < 4.78 is 5.32. The van der Waals surface area contributed by atoms with Crippen LogP contribution < -0.4 is 5.73 Å². The van der Waals surface area contributed by atoms with Crippen LogP contribution in [0.1, 0.15) is 29.5 Å². The maximum atomic E-state index is 6.10. The van der Waals surface area contributed by atoms with E-state index in [0.29, 0.717) is 12.3 Å². The van der Waals surface area contributed by atoms with Gasteiger partial charge in [0.2, 0.25) is 5.89 Å². The van der Waals surface area contributed by atoms with Crippen LogP contribution in [0.2, 0.25) is 0 Å². The maximum absolute atomic E-state index is 6.10. The Balaban J connectivity index is 1.69. The summed E-state index contributed by atoms with van der Waals surface area (Å²) in [7, 11) is 2.09. The van der Waals surface area contributed by atoms with Crippen LogP contribution in [0.4, 0.5) is 0 Å². The highest BCUT2D eigenvalue weighted by Crippen LogP contribution is 2.27. The number of rotatable bonds is 4. The average molecular weight is 294 g/mol. The van der Waals surface area contributed by atoms with Gasteiger partial charge in [-0.1, -0.05) is 5.16 Å². The lowest BCUT2D eigenvalue weighted by molar-refractivity contribution is 0.256. The van der Waals surface area contributed by atoms with Crippen LogP contribution in [0.5, 0.6) is 0 Å². The Hall–Kier alpha value is -1.38. The van der Waals surface area contributed by atoms with Crippen LogP contribution >= 0.6 is 11.8 Å². The largest absolute Gasteiger partial charge is 0.348 e. The molecule has 2 aromatic heterocycles. The maximum Gasteiger partial charge on any atom is 0.244 e. The van der Waals surface area contributed by atoms with E-state index in [0.717, 1.165) is 29.6 Å². The number of aromatic nitrogens is 4. The second-order valence-corrected chi connectivity index (χ2v) is 6.10. The Bertz CT molecular complexity index is 542.